The maximum atomic E-state index is 9.41. The molecule has 0 aromatic heterocycles. The Hall–Kier alpha value is -2.45. The SMILES string of the molecule is COc1cc(CC(C#N)C=Nc2ccccc2)cc(OC)c1SC. The van der Waals surface area contributed by atoms with Crippen molar-refractivity contribution in [1.82, 2.24) is 0 Å². The summed E-state index contributed by atoms with van der Waals surface area (Å²) in [6.07, 6.45) is 4.22. The van der Waals surface area contributed by atoms with Crippen LogP contribution in [0.5, 0.6) is 11.5 Å². The molecule has 0 heterocycles. The van der Waals surface area contributed by atoms with Gasteiger partial charge in [-0.15, -0.1) is 11.8 Å². The highest BCUT2D eigenvalue weighted by Gasteiger charge is 2.14. The van der Waals surface area contributed by atoms with Gasteiger partial charge in [-0.1, -0.05) is 18.2 Å². The van der Waals surface area contributed by atoms with Crippen molar-refractivity contribution in [2.45, 2.75) is 11.3 Å². The van der Waals surface area contributed by atoms with E-state index >= 15 is 0 Å². The average molecular weight is 340 g/mol. The number of methoxy groups -OCH3 is 2. The molecule has 0 saturated carbocycles. The average Bonchev–Trinajstić information content (AvgIpc) is 2.64. The van der Waals surface area contributed by atoms with E-state index < -0.39 is 0 Å². The summed E-state index contributed by atoms with van der Waals surface area (Å²) in [4.78, 5) is 5.33. The molecule has 0 spiro atoms. The van der Waals surface area contributed by atoms with Crippen LogP contribution in [0.25, 0.3) is 0 Å². The number of para-hydroxylation sites is 1. The highest BCUT2D eigenvalue weighted by molar-refractivity contribution is 7.98. The van der Waals surface area contributed by atoms with Gasteiger partial charge in [0.05, 0.1) is 36.8 Å². The van der Waals surface area contributed by atoms with Gasteiger partial charge in [-0.25, -0.2) is 0 Å². The molecular formula is C19H20N2O2S. The summed E-state index contributed by atoms with van der Waals surface area (Å²) < 4.78 is 10.9. The van der Waals surface area contributed by atoms with Crippen molar-refractivity contribution in [2.75, 3.05) is 20.5 Å². The van der Waals surface area contributed by atoms with Crippen molar-refractivity contribution >= 4 is 23.7 Å². The summed E-state index contributed by atoms with van der Waals surface area (Å²) in [6, 6.07) is 15.8. The molecule has 0 saturated heterocycles. The zero-order chi connectivity index (χ0) is 17.4. The lowest BCUT2D eigenvalue weighted by Crippen LogP contribution is -2.04. The van der Waals surface area contributed by atoms with Gasteiger partial charge in [0.2, 0.25) is 0 Å². The summed E-state index contributed by atoms with van der Waals surface area (Å²) >= 11 is 1.57. The molecule has 0 bridgehead atoms. The van der Waals surface area contributed by atoms with Crippen LogP contribution in [-0.4, -0.2) is 26.7 Å². The molecule has 2 aromatic carbocycles. The monoisotopic (exact) mass is 340 g/mol. The lowest BCUT2D eigenvalue weighted by atomic mass is 10.0. The first-order valence-corrected chi connectivity index (χ1v) is 8.72. The molecule has 4 nitrogen and oxygen atoms in total. The van der Waals surface area contributed by atoms with Gasteiger partial charge in [0, 0.05) is 6.21 Å². The Kier molecular flexibility index (Phi) is 6.71. The molecule has 5 heteroatoms. The lowest BCUT2D eigenvalue weighted by molar-refractivity contribution is 0.375. The van der Waals surface area contributed by atoms with E-state index in [1.807, 2.05) is 48.7 Å². The Morgan fingerprint density at radius 2 is 1.79 bits per heavy atom. The van der Waals surface area contributed by atoms with Crippen LogP contribution in [0.2, 0.25) is 0 Å². The normalized spacial score (nSPS) is 11.9. The fraction of sp³-hybridized carbons (Fsp3) is 0.263. The number of ether oxygens (including phenoxy) is 2. The van der Waals surface area contributed by atoms with Gasteiger partial charge in [0.15, 0.2) is 0 Å². The molecule has 2 aromatic rings. The van der Waals surface area contributed by atoms with Crippen LogP contribution in [-0.2, 0) is 6.42 Å². The highest BCUT2D eigenvalue weighted by Crippen LogP contribution is 2.38. The van der Waals surface area contributed by atoms with Crippen LogP contribution >= 0.6 is 11.8 Å². The molecule has 1 atom stereocenters. The van der Waals surface area contributed by atoms with Crippen molar-refractivity contribution in [1.29, 1.82) is 5.26 Å². The number of rotatable bonds is 7. The van der Waals surface area contributed by atoms with E-state index in [4.69, 9.17) is 9.47 Å². The van der Waals surface area contributed by atoms with Crippen molar-refractivity contribution in [3.05, 3.63) is 48.0 Å². The van der Waals surface area contributed by atoms with E-state index in [2.05, 4.69) is 11.1 Å². The first-order valence-electron chi connectivity index (χ1n) is 7.49. The molecule has 124 valence electrons. The first-order chi connectivity index (χ1) is 11.7. The molecule has 2 rings (SSSR count). The van der Waals surface area contributed by atoms with E-state index in [1.54, 1.807) is 32.2 Å². The second-order valence-electron chi connectivity index (χ2n) is 5.09. The predicted octanol–water partition coefficient (Wildman–Crippen LogP) is 4.51. The Bertz CT molecular complexity index is 714. The van der Waals surface area contributed by atoms with E-state index in [9.17, 15) is 5.26 Å². The zero-order valence-corrected chi connectivity index (χ0v) is 14.8. The molecule has 0 aliphatic heterocycles. The number of hydrogen-bond acceptors (Lipinski definition) is 5. The number of hydrogen-bond donors (Lipinski definition) is 0. The topological polar surface area (TPSA) is 54.6 Å². The Balaban J connectivity index is 2.22. The Morgan fingerprint density at radius 1 is 1.17 bits per heavy atom. The van der Waals surface area contributed by atoms with Crippen molar-refractivity contribution in [3.63, 3.8) is 0 Å². The summed E-state index contributed by atoms with van der Waals surface area (Å²) in [5, 5.41) is 9.41. The van der Waals surface area contributed by atoms with Crippen LogP contribution < -0.4 is 9.47 Å². The molecule has 0 aliphatic carbocycles. The van der Waals surface area contributed by atoms with E-state index in [0.717, 1.165) is 27.6 Å². The number of aliphatic imine (C=N–C) groups is 1. The highest BCUT2D eigenvalue weighted by atomic mass is 32.2. The van der Waals surface area contributed by atoms with Crippen LogP contribution in [0.4, 0.5) is 5.69 Å². The maximum absolute atomic E-state index is 9.41. The van der Waals surface area contributed by atoms with Gasteiger partial charge >= 0.3 is 0 Å². The molecule has 0 N–H and O–H groups in total. The standard InChI is InChI=1S/C19H20N2O2S/c1-22-17-10-14(11-18(23-2)19(17)24-3)9-15(12-20)13-21-16-7-5-4-6-8-16/h4-8,10-11,13,15H,9H2,1-3H3. The molecule has 0 amide bonds. The summed E-state index contributed by atoms with van der Waals surface area (Å²) in [6.45, 7) is 0. The van der Waals surface area contributed by atoms with Crippen LogP contribution in [0.15, 0.2) is 52.4 Å². The second kappa shape index (κ2) is 8.99. The number of nitrogens with zero attached hydrogens (tertiary/aromatic N) is 2. The van der Waals surface area contributed by atoms with E-state index in [1.165, 1.54) is 0 Å². The summed E-state index contributed by atoms with van der Waals surface area (Å²) in [5.41, 5.74) is 1.82. The van der Waals surface area contributed by atoms with Crippen LogP contribution in [0, 0.1) is 17.2 Å². The largest absolute Gasteiger partial charge is 0.495 e. The van der Waals surface area contributed by atoms with Crippen LogP contribution in [0.1, 0.15) is 5.56 Å². The number of thioether (sulfide) groups is 1. The first kappa shape index (κ1) is 17.9. The van der Waals surface area contributed by atoms with Gasteiger partial charge in [-0.05, 0) is 42.5 Å². The number of benzene rings is 2. The molecular weight excluding hydrogens is 320 g/mol. The fourth-order valence-corrected chi connectivity index (χ4v) is 3.02. The molecule has 24 heavy (non-hydrogen) atoms. The molecule has 1 unspecified atom stereocenters. The minimum atomic E-state index is -0.320. The third-order valence-corrected chi connectivity index (χ3v) is 4.32. The quantitative estimate of drug-likeness (QED) is 0.550. The van der Waals surface area contributed by atoms with E-state index in [0.29, 0.717) is 6.42 Å². The van der Waals surface area contributed by atoms with Crippen molar-refractivity contribution in [3.8, 4) is 17.6 Å². The van der Waals surface area contributed by atoms with Gasteiger partial charge in [-0.2, -0.15) is 5.26 Å². The van der Waals surface area contributed by atoms with Gasteiger partial charge in [0.1, 0.15) is 11.5 Å². The molecule has 0 fully saturated rings. The number of nitriles is 1. The second-order valence-corrected chi connectivity index (χ2v) is 5.90. The molecule has 0 radical (unpaired) electrons. The van der Waals surface area contributed by atoms with Crippen LogP contribution in [0.3, 0.4) is 0 Å². The third kappa shape index (κ3) is 4.53. The molecule has 0 aliphatic rings. The van der Waals surface area contributed by atoms with Crippen molar-refractivity contribution in [2.24, 2.45) is 10.9 Å². The van der Waals surface area contributed by atoms with Crippen molar-refractivity contribution < 1.29 is 9.47 Å². The third-order valence-electron chi connectivity index (χ3n) is 3.51. The van der Waals surface area contributed by atoms with Gasteiger partial charge in [0.25, 0.3) is 0 Å². The van der Waals surface area contributed by atoms with Gasteiger partial charge in [-0.3, -0.25) is 4.99 Å². The Labute approximate surface area is 147 Å². The summed E-state index contributed by atoms with van der Waals surface area (Å²) in [7, 11) is 3.27. The minimum absolute atomic E-state index is 0.320. The Morgan fingerprint density at radius 3 is 2.29 bits per heavy atom. The zero-order valence-electron chi connectivity index (χ0n) is 14.0. The van der Waals surface area contributed by atoms with Gasteiger partial charge < -0.3 is 9.47 Å². The van der Waals surface area contributed by atoms with E-state index in [-0.39, 0.29) is 5.92 Å². The fourth-order valence-electron chi connectivity index (χ4n) is 2.33. The lowest BCUT2D eigenvalue weighted by Gasteiger charge is -2.14. The maximum Gasteiger partial charge on any atom is 0.136 e. The summed E-state index contributed by atoms with van der Waals surface area (Å²) in [5.74, 6) is 1.20. The smallest absolute Gasteiger partial charge is 0.136 e. The predicted molar refractivity (Wildman–Crippen MR) is 98.7 cm³/mol. The minimum Gasteiger partial charge on any atom is -0.495 e.